The van der Waals surface area contributed by atoms with Gasteiger partial charge in [-0.05, 0) is 12.5 Å². The van der Waals surface area contributed by atoms with E-state index in [0.29, 0.717) is 12.2 Å². The molecule has 0 amide bonds. The first-order chi connectivity index (χ1) is 8.62. The predicted molar refractivity (Wildman–Crippen MR) is 69.2 cm³/mol. The molecule has 18 heavy (non-hydrogen) atoms. The Morgan fingerprint density at radius 2 is 2.33 bits per heavy atom. The zero-order chi connectivity index (χ0) is 13.5. The number of nitrogens with one attached hydrogen (secondary N) is 1. The quantitative estimate of drug-likeness (QED) is 0.591. The molecule has 0 fully saturated rings. The minimum Gasteiger partial charge on any atom is -0.380 e. The summed E-state index contributed by atoms with van der Waals surface area (Å²) in [6.45, 7) is 2.50. The summed E-state index contributed by atoms with van der Waals surface area (Å²) in [7, 11) is 0. The standard InChI is InChI=1S/C12H16N4O2/c1-2-3-10(8-14)15-12-5-4-11(16(17)18)6-9(12)7-13/h4-6,10,15H,2-3,8,14H2,1H3. The van der Waals surface area contributed by atoms with Crippen LogP contribution in [0, 0.1) is 21.4 Å². The highest BCUT2D eigenvalue weighted by Gasteiger charge is 2.13. The molecule has 0 saturated carbocycles. The van der Waals surface area contributed by atoms with Gasteiger partial charge in [0.2, 0.25) is 0 Å². The maximum atomic E-state index is 10.6. The number of non-ortho nitro benzene ring substituents is 1. The number of nitro groups is 1. The van der Waals surface area contributed by atoms with E-state index in [1.165, 1.54) is 12.1 Å². The molecule has 6 heteroatoms. The minimum atomic E-state index is -0.517. The van der Waals surface area contributed by atoms with Crippen LogP contribution in [-0.4, -0.2) is 17.5 Å². The molecule has 6 nitrogen and oxygen atoms in total. The first-order valence-corrected chi connectivity index (χ1v) is 5.77. The van der Waals surface area contributed by atoms with Crippen LogP contribution in [0.15, 0.2) is 18.2 Å². The van der Waals surface area contributed by atoms with Crippen LogP contribution in [-0.2, 0) is 0 Å². The zero-order valence-corrected chi connectivity index (χ0v) is 10.2. The molecule has 1 unspecified atom stereocenters. The number of benzene rings is 1. The van der Waals surface area contributed by atoms with Gasteiger partial charge in [-0.15, -0.1) is 0 Å². The molecular weight excluding hydrogens is 232 g/mol. The van der Waals surface area contributed by atoms with E-state index in [1.54, 1.807) is 6.07 Å². The zero-order valence-electron chi connectivity index (χ0n) is 10.2. The summed E-state index contributed by atoms with van der Waals surface area (Å²) in [4.78, 5) is 10.1. The summed E-state index contributed by atoms with van der Waals surface area (Å²) in [5.74, 6) is 0. The van der Waals surface area contributed by atoms with Gasteiger partial charge in [-0.1, -0.05) is 13.3 Å². The van der Waals surface area contributed by atoms with Crippen LogP contribution in [0.3, 0.4) is 0 Å². The topological polar surface area (TPSA) is 105 Å². The molecule has 0 aliphatic heterocycles. The highest BCUT2D eigenvalue weighted by molar-refractivity contribution is 5.61. The highest BCUT2D eigenvalue weighted by Crippen LogP contribution is 2.22. The summed E-state index contributed by atoms with van der Waals surface area (Å²) >= 11 is 0. The van der Waals surface area contributed by atoms with Gasteiger partial charge < -0.3 is 11.1 Å². The number of nitrogens with zero attached hydrogens (tertiary/aromatic N) is 2. The van der Waals surface area contributed by atoms with Crippen LogP contribution in [0.4, 0.5) is 11.4 Å². The van der Waals surface area contributed by atoms with E-state index in [2.05, 4.69) is 5.32 Å². The average Bonchev–Trinajstić information content (AvgIpc) is 2.38. The van der Waals surface area contributed by atoms with Crippen LogP contribution in [0.1, 0.15) is 25.3 Å². The molecule has 3 N–H and O–H groups in total. The lowest BCUT2D eigenvalue weighted by molar-refractivity contribution is -0.384. The summed E-state index contributed by atoms with van der Waals surface area (Å²) in [6.07, 6.45) is 1.86. The Morgan fingerprint density at radius 1 is 1.61 bits per heavy atom. The van der Waals surface area contributed by atoms with Crippen molar-refractivity contribution in [3.63, 3.8) is 0 Å². The number of hydrogen-bond donors (Lipinski definition) is 2. The van der Waals surface area contributed by atoms with Gasteiger partial charge in [-0.25, -0.2) is 0 Å². The Balaban J connectivity index is 2.96. The van der Waals surface area contributed by atoms with Crippen molar-refractivity contribution in [3.05, 3.63) is 33.9 Å². The van der Waals surface area contributed by atoms with Crippen LogP contribution in [0.25, 0.3) is 0 Å². The minimum absolute atomic E-state index is 0.0727. The van der Waals surface area contributed by atoms with Crippen LogP contribution >= 0.6 is 0 Å². The van der Waals surface area contributed by atoms with Crippen molar-refractivity contribution in [2.24, 2.45) is 5.73 Å². The van der Waals surface area contributed by atoms with Crippen molar-refractivity contribution < 1.29 is 4.92 Å². The van der Waals surface area contributed by atoms with Crippen LogP contribution in [0.5, 0.6) is 0 Å². The summed E-state index contributed by atoms with van der Waals surface area (Å²) < 4.78 is 0. The number of rotatable bonds is 6. The number of hydrogen-bond acceptors (Lipinski definition) is 5. The monoisotopic (exact) mass is 248 g/mol. The molecule has 0 heterocycles. The van der Waals surface area contributed by atoms with Gasteiger partial charge in [-0.2, -0.15) is 5.26 Å². The van der Waals surface area contributed by atoms with Gasteiger partial charge in [0.25, 0.3) is 5.69 Å². The predicted octanol–water partition coefficient (Wildman–Crippen LogP) is 2.01. The highest BCUT2D eigenvalue weighted by atomic mass is 16.6. The SMILES string of the molecule is CCCC(CN)Nc1ccc([N+](=O)[O-])cc1C#N. The smallest absolute Gasteiger partial charge is 0.270 e. The molecule has 0 bridgehead atoms. The first kappa shape index (κ1) is 13.9. The lowest BCUT2D eigenvalue weighted by atomic mass is 10.1. The molecule has 0 aliphatic carbocycles. The molecule has 1 rings (SSSR count). The van der Waals surface area contributed by atoms with Gasteiger partial charge in [0, 0.05) is 24.7 Å². The van der Waals surface area contributed by atoms with E-state index in [9.17, 15) is 10.1 Å². The summed E-state index contributed by atoms with van der Waals surface area (Å²) in [6, 6.07) is 6.22. The number of anilines is 1. The van der Waals surface area contributed by atoms with Crippen molar-refractivity contribution in [1.29, 1.82) is 5.26 Å². The second-order valence-electron chi connectivity index (χ2n) is 3.96. The fourth-order valence-corrected chi connectivity index (χ4v) is 1.68. The van der Waals surface area contributed by atoms with Crippen molar-refractivity contribution in [2.45, 2.75) is 25.8 Å². The lowest BCUT2D eigenvalue weighted by Gasteiger charge is -2.17. The normalized spacial score (nSPS) is 11.6. The third-order valence-corrected chi connectivity index (χ3v) is 2.62. The largest absolute Gasteiger partial charge is 0.380 e. The van der Waals surface area contributed by atoms with Crippen LogP contribution < -0.4 is 11.1 Å². The fraction of sp³-hybridized carbons (Fsp3) is 0.417. The molecule has 1 aromatic carbocycles. The second-order valence-corrected chi connectivity index (χ2v) is 3.96. The van der Waals surface area contributed by atoms with E-state index in [-0.39, 0.29) is 17.3 Å². The lowest BCUT2D eigenvalue weighted by Crippen LogP contribution is -2.28. The number of nitro benzene ring substituents is 1. The Kier molecular flexibility index (Phi) is 5.08. The maximum absolute atomic E-state index is 10.6. The first-order valence-electron chi connectivity index (χ1n) is 5.77. The molecule has 0 aromatic heterocycles. The molecule has 0 radical (unpaired) electrons. The van der Waals surface area contributed by atoms with Crippen molar-refractivity contribution in [1.82, 2.24) is 0 Å². The molecule has 1 aromatic rings. The van der Waals surface area contributed by atoms with E-state index >= 15 is 0 Å². The third-order valence-electron chi connectivity index (χ3n) is 2.62. The second kappa shape index (κ2) is 6.57. The van der Waals surface area contributed by atoms with Crippen molar-refractivity contribution >= 4 is 11.4 Å². The molecule has 0 spiro atoms. The summed E-state index contributed by atoms with van der Waals surface area (Å²) in [5, 5.41) is 22.8. The van der Waals surface area contributed by atoms with E-state index in [1.807, 2.05) is 13.0 Å². The van der Waals surface area contributed by atoms with Gasteiger partial charge in [0.1, 0.15) is 6.07 Å². The van der Waals surface area contributed by atoms with E-state index in [0.717, 1.165) is 12.8 Å². The molecular formula is C12H16N4O2. The van der Waals surface area contributed by atoms with Crippen LogP contribution in [0.2, 0.25) is 0 Å². The van der Waals surface area contributed by atoms with E-state index in [4.69, 9.17) is 11.0 Å². The molecule has 0 aliphatic rings. The van der Waals surface area contributed by atoms with Crippen molar-refractivity contribution in [3.8, 4) is 6.07 Å². The average molecular weight is 248 g/mol. The number of nitriles is 1. The molecule has 1 atom stereocenters. The molecule has 0 saturated heterocycles. The Morgan fingerprint density at radius 3 is 2.83 bits per heavy atom. The van der Waals surface area contributed by atoms with Crippen molar-refractivity contribution in [2.75, 3.05) is 11.9 Å². The van der Waals surface area contributed by atoms with E-state index < -0.39 is 4.92 Å². The maximum Gasteiger partial charge on any atom is 0.270 e. The Labute approximate surface area is 106 Å². The van der Waals surface area contributed by atoms with Gasteiger partial charge in [0.15, 0.2) is 0 Å². The van der Waals surface area contributed by atoms with Gasteiger partial charge in [0.05, 0.1) is 16.2 Å². The number of nitrogens with two attached hydrogens (primary N) is 1. The fourth-order valence-electron chi connectivity index (χ4n) is 1.68. The molecule has 96 valence electrons. The third kappa shape index (κ3) is 3.43. The Hall–Kier alpha value is -2.13. The summed E-state index contributed by atoms with van der Waals surface area (Å²) in [5.41, 5.74) is 6.39. The van der Waals surface area contributed by atoms with Gasteiger partial charge in [-0.3, -0.25) is 10.1 Å². The Bertz CT molecular complexity index is 468. The van der Waals surface area contributed by atoms with Gasteiger partial charge >= 0.3 is 0 Å².